The van der Waals surface area contributed by atoms with E-state index >= 15 is 0 Å². The third kappa shape index (κ3) is 3.31. The number of benzene rings is 2. The Morgan fingerprint density at radius 1 is 1.00 bits per heavy atom. The van der Waals surface area contributed by atoms with Crippen molar-refractivity contribution in [1.82, 2.24) is 0 Å². The summed E-state index contributed by atoms with van der Waals surface area (Å²) in [4.78, 5) is 0.327. The molecule has 18 heavy (non-hydrogen) atoms. The zero-order valence-corrected chi connectivity index (χ0v) is 10.5. The molecule has 2 N–H and O–H groups in total. The predicted octanol–water partition coefficient (Wildman–Crippen LogP) is 3.72. The average Bonchev–Trinajstić information content (AvgIpc) is 2.40. The van der Waals surface area contributed by atoms with Gasteiger partial charge >= 0.3 is 0 Å². The van der Waals surface area contributed by atoms with E-state index in [1.54, 1.807) is 0 Å². The molecule has 94 valence electrons. The Kier molecular flexibility index (Phi) is 4.33. The number of rotatable bonds is 4. The molecule has 2 aromatic carbocycles. The molecule has 0 heterocycles. The van der Waals surface area contributed by atoms with Gasteiger partial charge in [0.25, 0.3) is 0 Å². The van der Waals surface area contributed by atoms with E-state index in [-0.39, 0.29) is 0 Å². The van der Waals surface area contributed by atoms with Crippen LogP contribution in [0.3, 0.4) is 0 Å². The van der Waals surface area contributed by atoms with Crippen molar-refractivity contribution >= 4 is 11.8 Å². The summed E-state index contributed by atoms with van der Waals surface area (Å²) in [7, 11) is 0. The van der Waals surface area contributed by atoms with Crippen LogP contribution in [0.5, 0.6) is 0 Å². The van der Waals surface area contributed by atoms with Crippen LogP contribution in [-0.2, 0) is 12.3 Å². The molecule has 0 atom stereocenters. The Balaban J connectivity index is 2.08. The van der Waals surface area contributed by atoms with Gasteiger partial charge in [-0.2, -0.15) is 0 Å². The maximum Gasteiger partial charge on any atom is 0.136 e. The minimum Gasteiger partial charge on any atom is -0.326 e. The lowest BCUT2D eigenvalue weighted by Gasteiger charge is -2.05. The van der Waals surface area contributed by atoms with Gasteiger partial charge in [0.1, 0.15) is 11.6 Å². The Bertz CT molecular complexity index is 543. The number of halogens is 2. The van der Waals surface area contributed by atoms with E-state index in [0.717, 1.165) is 23.3 Å². The van der Waals surface area contributed by atoms with E-state index in [1.807, 2.05) is 24.3 Å². The molecule has 0 saturated carbocycles. The molecule has 0 unspecified atom stereocenters. The molecule has 0 fully saturated rings. The molecule has 0 saturated heterocycles. The first-order chi connectivity index (χ1) is 8.69. The normalized spacial score (nSPS) is 10.6. The van der Waals surface area contributed by atoms with E-state index in [0.29, 0.717) is 17.2 Å². The smallest absolute Gasteiger partial charge is 0.136 e. The van der Waals surface area contributed by atoms with Crippen molar-refractivity contribution in [1.29, 1.82) is 0 Å². The van der Waals surface area contributed by atoms with Crippen LogP contribution in [0.1, 0.15) is 11.1 Å². The summed E-state index contributed by atoms with van der Waals surface area (Å²) in [5.74, 6) is -0.222. The van der Waals surface area contributed by atoms with Gasteiger partial charge in [0, 0.05) is 17.2 Å². The van der Waals surface area contributed by atoms with Gasteiger partial charge in [0.15, 0.2) is 0 Å². The van der Waals surface area contributed by atoms with Gasteiger partial charge in [0.05, 0.1) is 0 Å². The highest BCUT2D eigenvalue weighted by atomic mass is 32.2. The molecule has 0 aliphatic carbocycles. The summed E-state index contributed by atoms with van der Waals surface area (Å²) in [5, 5.41) is 0. The second kappa shape index (κ2) is 5.98. The second-order valence-electron chi connectivity index (χ2n) is 3.89. The molecule has 0 radical (unpaired) electrons. The van der Waals surface area contributed by atoms with Crippen molar-refractivity contribution in [3.05, 3.63) is 65.2 Å². The van der Waals surface area contributed by atoms with Crippen LogP contribution in [0.15, 0.2) is 47.4 Å². The Labute approximate surface area is 109 Å². The lowest BCUT2D eigenvalue weighted by Crippen LogP contribution is -1.96. The molecule has 4 heteroatoms. The summed E-state index contributed by atoms with van der Waals surface area (Å²) in [6.45, 7) is 0.479. The van der Waals surface area contributed by atoms with Crippen molar-refractivity contribution in [2.45, 2.75) is 17.2 Å². The van der Waals surface area contributed by atoms with Crippen LogP contribution in [0, 0.1) is 11.6 Å². The van der Waals surface area contributed by atoms with Gasteiger partial charge in [-0.05, 0) is 29.3 Å². The number of hydrogen-bond acceptors (Lipinski definition) is 2. The van der Waals surface area contributed by atoms with E-state index in [2.05, 4.69) is 0 Å². The third-order valence-electron chi connectivity index (χ3n) is 2.51. The Morgan fingerprint density at radius 2 is 1.78 bits per heavy atom. The lowest BCUT2D eigenvalue weighted by molar-refractivity contribution is 0.577. The highest BCUT2D eigenvalue weighted by molar-refractivity contribution is 7.98. The molecule has 2 rings (SSSR count). The van der Waals surface area contributed by atoms with Crippen molar-refractivity contribution < 1.29 is 8.78 Å². The van der Waals surface area contributed by atoms with E-state index < -0.39 is 11.6 Å². The fraction of sp³-hybridized carbons (Fsp3) is 0.143. The minimum absolute atomic E-state index is 0.327. The number of thioether (sulfide) groups is 1. The summed E-state index contributed by atoms with van der Waals surface area (Å²) < 4.78 is 26.4. The van der Waals surface area contributed by atoms with E-state index in [1.165, 1.54) is 17.8 Å². The molecule has 1 nitrogen and oxygen atoms in total. The third-order valence-corrected chi connectivity index (χ3v) is 3.62. The molecule has 0 aliphatic rings. The summed E-state index contributed by atoms with van der Waals surface area (Å²) in [6.07, 6.45) is 0. The van der Waals surface area contributed by atoms with Gasteiger partial charge in [-0.1, -0.05) is 24.3 Å². The van der Waals surface area contributed by atoms with E-state index in [4.69, 9.17) is 5.73 Å². The summed E-state index contributed by atoms with van der Waals surface area (Å²) >= 11 is 1.28. The van der Waals surface area contributed by atoms with Crippen LogP contribution >= 0.6 is 11.8 Å². The molecular formula is C14H13F2NS. The summed E-state index contributed by atoms with van der Waals surface area (Å²) in [5.41, 5.74) is 7.64. The lowest BCUT2D eigenvalue weighted by atomic mass is 10.1. The van der Waals surface area contributed by atoms with E-state index in [9.17, 15) is 8.78 Å². The largest absolute Gasteiger partial charge is 0.326 e. The predicted molar refractivity (Wildman–Crippen MR) is 70.3 cm³/mol. The zero-order valence-electron chi connectivity index (χ0n) is 9.70. The van der Waals surface area contributed by atoms with Crippen LogP contribution in [-0.4, -0.2) is 0 Å². The first-order valence-electron chi connectivity index (χ1n) is 5.55. The number of nitrogens with two attached hydrogens (primary N) is 1. The Hall–Kier alpha value is -1.39. The first-order valence-corrected chi connectivity index (χ1v) is 6.53. The zero-order chi connectivity index (χ0) is 13.0. The molecular weight excluding hydrogens is 252 g/mol. The molecule has 0 bridgehead atoms. The maximum absolute atomic E-state index is 13.4. The standard InChI is InChI=1S/C14H13F2NS/c15-12-4-5-13(16)14(7-12)18-9-11-3-1-2-10(6-11)8-17/h1-7H,8-9,17H2. The van der Waals surface area contributed by atoms with Crippen LogP contribution in [0.2, 0.25) is 0 Å². The second-order valence-corrected chi connectivity index (χ2v) is 4.90. The maximum atomic E-state index is 13.4. The first kappa shape index (κ1) is 13.1. The number of hydrogen-bond donors (Lipinski definition) is 1. The highest BCUT2D eigenvalue weighted by Crippen LogP contribution is 2.26. The minimum atomic E-state index is -0.422. The van der Waals surface area contributed by atoms with Crippen LogP contribution < -0.4 is 5.73 Å². The fourth-order valence-electron chi connectivity index (χ4n) is 1.60. The molecule has 2 aromatic rings. The van der Waals surface area contributed by atoms with Crippen molar-refractivity contribution in [3.63, 3.8) is 0 Å². The molecule has 0 amide bonds. The quantitative estimate of drug-likeness (QED) is 0.853. The molecule has 0 spiro atoms. The van der Waals surface area contributed by atoms with Gasteiger partial charge in [-0.15, -0.1) is 11.8 Å². The molecule has 0 aromatic heterocycles. The van der Waals surface area contributed by atoms with Gasteiger partial charge in [0.2, 0.25) is 0 Å². The van der Waals surface area contributed by atoms with Gasteiger partial charge in [-0.3, -0.25) is 0 Å². The van der Waals surface area contributed by atoms with Gasteiger partial charge in [-0.25, -0.2) is 8.78 Å². The van der Waals surface area contributed by atoms with Crippen LogP contribution in [0.25, 0.3) is 0 Å². The monoisotopic (exact) mass is 265 g/mol. The van der Waals surface area contributed by atoms with Crippen molar-refractivity contribution in [2.75, 3.05) is 0 Å². The van der Waals surface area contributed by atoms with Crippen molar-refractivity contribution in [2.24, 2.45) is 5.73 Å². The molecule has 0 aliphatic heterocycles. The van der Waals surface area contributed by atoms with Crippen molar-refractivity contribution in [3.8, 4) is 0 Å². The average molecular weight is 265 g/mol. The Morgan fingerprint density at radius 3 is 2.56 bits per heavy atom. The fourth-order valence-corrected chi connectivity index (χ4v) is 2.50. The van der Waals surface area contributed by atoms with Gasteiger partial charge < -0.3 is 5.73 Å². The highest BCUT2D eigenvalue weighted by Gasteiger charge is 2.05. The topological polar surface area (TPSA) is 26.0 Å². The van der Waals surface area contributed by atoms with Crippen LogP contribution in [0.4, 0.5) is 8.78 Å². The SMILES string of the molecule is NCc1cccc(CSc2cc(F)ccc2F)c1. The summed E-state index contributed by atoms with van der Waals surface area (Å²) in [6, 6.07) is 11.3.